The van der Waals surface area contributed by atoms with Crippen LogP contribution in [0.25, 0.3) is 0 Å². The van der Waals surface area contributed by atoms with Gasteiger partial charge in [-0.3, -0.25) is 0 Å². The molecule has 9 heteroatoms. The molecule has 0 aliphatic carbocycles. The van der Waals surface area contributed by atoms with Crippen molar-refractivity contribution >= 4 is 39.5 Å². The molecular weight excluding hydrogens is 309 g/mol. The second kappa shape index (κ2) is 5.45. The second-order valence-corrected chi connectivity index (χ2v) is 3.92. The fraction of sp³-hybridized carbons (Fsp3) is 0. The molecule has 0 bridgehead atoms. The van der Waals surface area contributed by atoms with E-state index in [0.29, 0.717) is 0 Å². The Balaban J connectivity index is 3.38. The van der Waals surface area contributed by atoms with Crippen molar-refractivity contribution in [2.45, 2.75) is 0 Å². The highest BCUT2D eigenvalue weighted by Crippen LogP contribution is 2.28. The molecule has 0 amide bonds. The minimum Gasteiger partial charge on any atom is -0.478 e. The molecule has 0 aliphatic heterocycles. The monoisotopic (exact) mass is 317 g/mol. The minimum absolute atomic E-state index is 0.000684. The largest absolute Gasteiger partial charge is 0.478 e. The zero-order valence-corrected chi connectivity index (χ0v) is 10.5. The van der Waals surface area contributed by atoms with Gasteiger partial charge in [0.2, 0.25) is 5.96 Å². The van der Waals surface area contributed by atoms with Gasteiger partial charge in [-0.05, 0) is 28.1 Å². The lowest BCUT2D eigenvalue weighted by atomic mass is 10.1. The Labute approximate surface area is 109 Å². The molecule has 0 saturated carbocycles. The Morgan fingerprint density at radius 3 is 2.44 bits per heavy atom. The highest BCUT2D eigenvalue weighted by molar-refractivity contribution is 9.10. The highest BCUT2D eigenvalue weighted by atomic mass is 79.9. The molecule has 0 aromatic heterocycles. The predicted octanol–water partition coefficient (Wildman–Crippen LogP) is 0.506. The first-order chi connectivity index (χ1) is 8.32. The lowest BCUT2D eigenvalue weighted by molar-refractivity contribution is 0.0692. The fourth-order valence-corrected chi connectivity index (χ4v) is 1.45. The molecule has 7 nitrogen and oxygen atoms in total. The Hall–Kier alpha value is -2.16. The number of aromatic carboxylic acids is 1. The number of carbonyl (C=O) groups is 1. The molecule has 1 aromatic carbocycles. The van der Waals surface area contributed by atoms with Crippen LogP contribution in [0.2, 0.25) is 0 Å². The van der Waals surface area contributed by atoms with Crippen LogP contribution in [0, 0.1) is 5.82 Å². The van der Waals surface area contributed by atoms with Crippen LogP contribution in [0.15, 0.2) is 26.6 Å². The van der Waals surface area contributed by atoms with E-state index in [0.717, 1.165) is 0 Å². The molecule has 7 N–H and O–H groups in total. The van der Waals surface area contributed by atoms with E-state index in [2.05, 4.69) is 25.9 Å². The van der Waals surface area contributed by atoms with E-state index in [1.165, 1.54) is 12.1 Å². The van der Waals surface area contributed by atoms with Crippen molar-refractivity contribution in [3.05, 3.63) is 28.0 Å². The number of hydrogen-bond donors (Lipinski definition) is 4. The molecular formula is C9H9BrFN5O2. The molecule has 1 rings (SSSR count). The molecule has 0 fully saturated rings. The first-order valence-electron chi connectivity index (χ1n) is 4.48. The van der Waals surface area contributed by atoms with Gasteiger partial charge in [-0.25, -0.2) is 14.2 Å². The summed E-state index contributed by atoms with van der Waals surface area (Å²) in [6, 6.07) is 2.56. The summed E-state index contributed by atoms with van der Waals surface area (Å²) in [5, 5.41) is 8.91. The summed E-state index contributed by atoms with van der Waals surface area (Å²) in [7, 11) is 0. The number of aliphatic imine (C=N–C) groups is 2. The Morgan fingerprint density at radius 1 is 1.33 bits per heavy atom. The summed E-state index contributed by atoms with van der Waals surface area (Å²) in [5.74, 6) is -3.16. The summed E-state index contributed by atoms with van der Waals surface area (Å²) in [6.07, 6.45) is 0. The first-order valence-corrected chi connectivity index (χ1v) is 5.27. The van der Waals surface area contributed by atoms with Crippen LogP contribution in [-0.4, -0.2) is 23.0 Å². The van der Waals surface area contributed by atoms with Gasteiger partial charge >= 0.3 is 5.97 Å². The summed E-state index contributed by atoms with van der Waals surface area (Å²) in [4.78, 5) is 18.0. The molecule has 0 spiro atoms. The van der Waals surface area contributed by atoms with E-state index in [-0.39, 0.29) is 22.1 Å². The number of nitrogens with zero attached hydrogens (tertiary/aromatic N) is 2. The van der Waals surface area contributed by atoms with Crippen molar-refractivity contribution < 1.29 is 14.3 Å². The molecule has 0 saturated heterocycles. The lowest BCUT2D eigenvalue weighted by Crippen LogP contribution is -2.26. The van der Waals surface area contributed by atoms with E-state index >= 15 is 0 Å². The number of carboxylic acids is 1. The van der Waals surface area contributed by atoms with Crippen molar-refractivity contribution in [2.75, 3.05) is 0 Å². The van der Waals surface area contributed by atoms with Crippen molar-refractivity contribution in [2.24, 2.45) is 27.2 Å². The third kappa shape index (κ3) is 3.17. The molecule has 1 aromatic rings. The molecule has 0 heterocycles. The first kappa shape index (κ1) is 13.9. The third-order valence-electron chi connectivity index (χ3n) is 1.77. The minimum atomic E-state index is -1.48. The van der Waals surface area contributed by atoms with Gasteiger partial charge in [0.15, 0.2) is 11.8 Å². The number of benzene rings is 1. The number of hydrogen-bond acceptors (Lipinski definition) is 2. The van der Waals surface area contributed by atoms with Crippen molar-refractivity contribution in [3.8, 4) is 0 Å². The molecule has 0 atom stereocenters. The number of halogens is 2. The Bertz CT molecular complexity index is 554. The van der Waals surface area contributed by atoms with Gasteiger partial charge in [0, 0.05) is 0 Å². The molecule has 0 aliphatic rings. The molecule has 96 valence electrons. The van der Waals surface area contributed by atoms with Crippen molar-refractivity contribution in [3.63, 3.8) is 0 Å². The Morgan fingerprint density at radius 2 is 1.94 bits per heavy atom. The van der Waals surface area contributed by atoms with Crippen LogP contribution >= 0.6 is 15.9 Å². The normalized spacial score (nSPS) is 11.1. The van der Waals surface area contributed by atoms with Gasteiger partial charge < -0.3 is 22.3 Å². The maximum atomic E-state index is 13.6. The summed E-state index contributed by atoms with van der Waals surface area (Å²) in [5.41, 5.74) is 14.7. The maximum absolute atomic E-state index is 13.6. The summed E-state index contributed by atoms with van der Waals surface area (Å²) >= 11 is 2.87. The van der Waals surface area contributed by atoms with Gasteiger partial charge in [0.25, 0.3) is 0 Å². The maximum Gasteiger partial charge on any atom is 0.340 e. The van der Waals surface area contributed by atoms with Crippen LogP contribution in [-0.2, 0) is 0 Å². The molecule has 18 heavy (non-hydrogen) atoms. The number of guanidine groups is 2. The summed E-state index contributed by atoms with van der Waals surface area (Å²) < 4.78 is 13.6. The number of nitrogens with two attached hydrogens (primary N) is 3. The topological polar surface area (TPSA) is 140 Å². The fourth-order valence-electron chi connectivity index (χ4n) is 1.12. The average Bonchev–Trinajstić information content (AvgIpc) is 2.21. The number of rotatable bonds is 2. The smallest absolute Gasteiger partial charge is 0.340 e. The molecule has 0 unspecified atom stereocenters. The zero-order valence-electron chi connectivity index (χ0n) is 8.89. The van der Waals surface area contributed by atoms with Crippen molar-refractivity contribution in [1.29, 1.82) is 0 Å². The van der Waals surface area contributed by atoms with Crippen LogP contribution < -0.4 is 17.2 Å². The van der Waals surface area contributed by atoms with Crippen LogP contribution in [0.1, 0.15) is 10.4 Å². The third-order valence-corrected chi connectivity index (χ3v) is 2.38. The van der Waals surface area contributed by atoms with Crippen LogP contribution in [0.4, 0.5) is 10.1 Å². The average molecular weight is 318 g/mol. The van der Waals surface area contributed by atoms with Gasteiger partial charge in [0.1, 0.15) is 5.56 Å². The van der Waals surface area contributed by atoms with Gasteiger partial charge in [-0.1, -0.05) is 0 Å². The lowest BCUT2D eigenvalue weighted by Gasteiger charge is -2.04. The van der Waals surface area contributed by atoms with E-state index in [4.69, 9.17) is 22.3 Å². The van der Waals surface area contributed by atoms with E-state index in [9.17, 15) is 9.18 Å². The van der Waals surface area contributed by atoms with Crippen LogP contribution in [0.5, 0.6) is 0 Å². The highest BCUT2D eigenvalue weighted by Gasteiger charge is 2.18. The SMILES string of the molecule is NC(N)=NC(N)=Nc1ccc(Br)c(F)c1C(=O)O. The predicted molar refractivity (Wildman–Crippen MR) is 68.2 cm³/mol. The molecule has 0 radical (unpaired) electrons. The number of carboxylic acid groups (broad SMARTS) is 1. The van der Waals surface area contributed by atoms with E-state index < -0.39 is 17.3 Å². The van der Waals surface area contributed by atoms with Crippen LogP contribution in [0.3, 0.4) is 0 Å². The quantitative estimate of drug-likeness (QED) is 0.464. The Kier molecular flexibility index (Phi) is 4.21. The standard InChI is InChI=1S/C9H9BrFN5O2/c10-3-1-2-4(5(6(3)11)7(17)18)15-9(14)16-8(12)13/h1-2H,(H,17,18)(H6,12,13,14,15,16). The van der Waals surface area contributed by atoms with Gasteiger partial charge in [-0.2, -0.15) is 4.99 Å². The summed E-state index contributed by atoms with van der Waals surface area (Å²) in [6.45, 7) is 0. The second-order valence-electron chi connectivity index (χ2n) is 3.07. The zero-order chi connectivity index (χ0) is 13.9. The van der Waals surface area contributed by atoms with Gasteiger partial charge in [-0.15, -0.1) is 0 Å². The van der Waals surface area contributed by atoms with Gasteiger partial charge in [0.05, 0.1) is 10.2 Å². The van der Waals surface area contributed by atoms with E-state index in [1.54, 1.807) is 0 Å². The van der Waals surface area contributed by atoms with E-state index in [1.807, 2.05) is 0 Å². The van der Waals surface area contributed by atoms with Crippen molar-refractivity contribution in [1.82, 2.24) is 0 Å².